The van der Waals surface area contributed by atoms with Crippen molar-refractivity contribution < 1.29 is 9.84 Å². The van der Waals surface area contributed by atoms with Crippen molar-refractivity contribution in [1.29, 1.82) is 0 Å². The molecule has 3 heterocycles. The first-order valence-corrected chi connectivity index (χ1v) is 7.52. The first-order chi connectivity index (χ1) is 10.6. The highest BCUT2D eigenvalue weighted by atomic mass is 16.5. The molecule has 2 aromatic rings. The van der Waals surface area contributed by atoms with Crippen LogP contribution >= 0.6 is 0 Å². The first-order valence-electron chi connectivity index (χ1n) is 7.52. The highest BCUT2D eigenvalue weighted by molar-refractivity contribution is 5.89. The molecule has 2 aromatic heterocycles. The third kappa shape index (κ3) is 2.71. The van der Waals surface area contributed by atoms with Gasteiger partial charge in [-0.1, -0.05) is 6.92 Å². The normalized spacial score (nSPS) is 25.4. The second-order valence-corrected chi connectivity index (χ2v) is 6.02. The summed E-state index contributed by atoms with van der Waals surface area (Å²) in [5.74, 6) is 0.336. The summed E-state index contributed by atoms with van der Waals surface area (Å²) in [5, 5.41) is 10.4. The van der Waals surface area contributed by atoms with E-state index in [0.717, 1.165) is 23.1 Å². The molecule has 118 valence electrons. The molecule has 1 aliphatic heterocycles. The molecule has 0 saturated carbocycles. The second-order valence-electron chi connectivity index (χ2n) is 6.02. The van der Waals surface area contributed by atoms with Gasteiger partial charge in [-0.3, -0.25) is 0 Å². The van der Waals surface area contributed by atoms with Crippen LogP contribution in [0.3, 0.4) is 0 Å². The molecule has 0 spiro atoms. The molecule has 22 heavy (non-hydrogen) atoms. The number of fused-ring (bicyclic) bond motifs is 1. The Morgan fingerprint density at radius 2 is 2.32 bits per heavy atom. The van der Waals surface area contributed by atoms with Gasteiger partial charge in [0.25, 0.3) is 0 Å². The van der Waals surface area contributed by atoms with Gasteiger partial charge in [0.15, 0.2) is 0 Å². The Balaban J connectivity index is 1.95. The molecule has 2 unspecified atom stereocenters. The maximum absolute atomic E-state index is 9.36. The number of aliphatic imine (C=N–C) groups is 1. The molecule has 6 heteroatoms. The molecule has 1 N–H and O–H groups in total. The van der Waals surface area contributed by atoms with E-state index >= 15 is 0 Å². The quantitative estimate of drug-likeness (QED) is 0.694. The van der Waals surface area contributed by atoms with Crippen molar-refractivity contribution in [2.24, 2.45) is 10.9 Å². The molecule has 1 aliphatic rings. The largest absolute Gasteiger partial charge is 0.394 e. The zero-order valence-electron chi connectivity index (χ0n) is 13.2. The average molecular weight is 302 g/mol. The predicted octanol–water partition coefficient (Wildman–Crippen LogP) is 2.17. The summed E-state index contributed by atoms with van der Waals surface area (Å²) in [5.41, 5.74) is 1.76. The van der Waals surface area contributed by atoms with E-state index in [9.17, 15) is 5.11 Å². The van der Waals surface area contributed by atoms with Gasteiger partial charge in [-0.2, -0.15) is 0 Å². The maximum Gasteiger partial charge on any atom is 0.144 e. The smallest absolute Gasteiger partial charge is 0.144 e. The fourth-order valence-electron chi connectivity index (χ4n) is 2.83. The lowest BCUT2D eigenvalue weighted by Crippen LogP contribution is -2.18. The van der Waals surface area contributed by atoms with Gasteiger partial charge >= 0.3 is 0 Å². The first kappa shape index (κ1) is 15.0. The summed E-state index contributed by atoms with van der Waals surface area (Å²) in [6, 6.07) is 3.92. The van der Waals surface area contributed by atoms with Crippen LogP contribution in [-0.2, 0) is 4.74 Å². The minimum absolute atomic E-state index is 0.0582. The van der Waals surface area contributed by atoms with E-state index < -0.39 is 0 Å². The number of ether oxygens (including phenoxy) is 1. The van der Waals surface area contributed by atoms with Crippen molar-refractivity contribution in [1.82, 2.24) is 14.5 Å². The molecule has 1 saturated heterocycles. The van der Waals surface area contributed by atoms with Crippen LogP contribution in [0.1, 0.15) is 19.6 Å². The van der Waals surface area contributed by atoms with Crippen LogP contribution in [-0.4, -0.2) is 52.7 Å². The third-order valence-corrected chi connectivity index (χ3v) is 4.05. The molecule has 0 radical (unpaired) electrons. The monoisotopic (exact) mass is 302 g/mol. The van der Waals surface area contributed by atoms with Gasteiger partial charge in [0.2, 0.25) is 0 Å². The summed E-state index contributed by atoms with van der Waals surface area (Å²) in [6.45, 7) is 2.16. The second kappa shape index (κ2) is 6.06. The summed E-state index contributed by atoms with van der Waals surface area (Å²) < 4.78 is 7.98. The number of pyridine rings is 1. The number of aliphatic hydroxyl groups excluding tert-OH is 1. The lowest BCUT2D eigenvalue weighted by Gasteiger charge is -2.14. The Kier molecular flexibility index (Phi) is 4.13. The summed E-state index contributed by atoms with van der Waals surface area (Å²) >= 11 is 0. The number of hydrogen-bond acceptors (Lipinski definition) is 4. The minimum Gasteiger partial charge on any atom is -0.394 e. The highest BCUT2D eigenvalue weighted by Crippen LogP contribution is 2.36. The van der Waals surface area contributed by atoms with Crippen molar-refractivity contribution in [2.45, 2.75) is 25.7 Å². The van der Waals surface area contributed by atoms with Crippen LogP contribution < -0.4 is 0 Å². The van der Waals surface area contributed by atoms with Gasteiger partial charge < -0.3 is 19.3 Å². The average Bonchev–Trinajstić information content (AvgIpc) is 3.08. The Bertz CT molecular complexity index is 680. The number of aliphatic hydroxyl groups is 1. The molecule has 1 fully saturated rings. The molecule has 0 amide bonds. The number of aromatic nitrogens is 2. The number of hydrogen-bond donors (Lipinski definition) is 1. The lowest BCUT2D eigenvalue weighted by molar-refractivity contribution is -0.0275. The SMILES string of the molecule is C[C@H]1CC(n2ccc3c(N=CN(C)C)ccnc32)OC1CO. The van der Waals surface area contributed by atoms with Crippen LogP contribution in [0.4, 0.5) is 5.69 Å². The van der Waals surface area contributed by atoms with Crippen molar-refractivity contribution in [3.8, 4) is 0 Å². The summed E-state index contributed by atoms with van der Waals surface area (Å²) in [7, 11) is 3.88. The van der Waals surface area contributed by atoms with Gasteiger partial charge in [-0.15, -0.1) is 0 Å². The zero-order chi connectivity index (χ0) is 15.7. The van der Waals surface area contributed by atoms with Crippen molar-refractivity contribution >= 4 is 23.1 Å². The Labute approximate surface area is 130 Å². The van der Waals surface area contributed by atoms with Gasteiger partial charge in [0, 0.05) is 31.9 Å². The standard InChI is InChI=1S/C16H22N4O2/c1-11-8-15(22-14(11)9-21)20-7-5-12-13(18-10-19(2)3)4-6-17-16(12)20/h4-7,10-11,14-15,21H,8-9H2,1-3H3/t11-,14?,15?/m0/s1. The minimum atomic E-state index is -0.0996. The molecule has 3 rings (SSSR count). The van der Waals surface area contributed by atoms with E-state index in [-0.39, 0.29) is 18.9 Å². The Hall–Kier alpha value is -1.92. The van der Waals surface area contributed by atoms with Gasteiger partial charge in [-0.25, -0.2) is 9.98 Å². The molecule has 6 nitrogen and oxygen atoms in total. The highest BCUT2D eigenvalue weighted by Gasteiger charge is 2.33. The molecular weight excluding hydrogens is 280 g/mol. The van der Waals surface area contributed by atoms with E-state index in [4.69, 9.17) is 4.74 Å². The lowest BCUT2D eigenvalue weighted by atomic mass is 10.0. The predicted molar refractivity (Wildman–Crippen MR) is 86.3 cm³/mol. The van der Waals surface area contributed by atoms with Crippen LogP contribution in [0.2, 0.25) is 0 Å². The van der Waals surface area contributed by atoms with E-state index in [1.807, 2.05) is 41.9 Å². The number of rotatable bonds is 4. The fraction of sp³-hybridized carbons (Fsp3) is 0.500. The van der Waals surface area contributed by atoms with Crippen LogP contribution in [0.15, 0.2) is 29.5 Å². The Morgan fingerprint density at radius 3 is 3.00 bits per heavy atom. The fourth-order valence-corrected chi connectivity index (χ4v) is 2.83. The molecular formula is C16H22N4O2. The topological polar surface area (TPSA) is 62.9 Å². The van der Waals surface area contributed by atoms with Gasteiger partial charge in [-0.05, 0) is 24.5 Å². The Morgan fingerprint density at radius 1 is 1.50 bits per heavy atom. The van der Waals surface area contributed by atoms with Gasteiger partial charge in [0.05, 0.1) is 24.7 Å². The van der Waals surface area contributed by atoms with Crippen molar-refractivity contribution in [3.05, 3.63) is 24.5 Å². The summed E-state index contributed by atoms with van der Waals surface area (Å²) in [4.78, 5) is 10.9. The van der Waals surface area contributed by atoms with E-state index in [2.05, 4.69) is 16.9 Å². The summed E-state index contributed by atoms with van der Waals surface area (Å²) in [6.07, 6.45) is 6.24. The molecule has 0 aromatic carbocycles. The molecule has 3 atom stereocenters. The zero-order valence-corrected chi connectivity index (χ0v) is 13.2. The number of nitrogens with zero attached hydrogens (tertiary/aromatic N) is 4. The van der Waals surface area contributed by atoms with Gasteiger partial charge in [0.1, 0.15) is 11.9 Å². The molecule has 0 aliphatic carbocycles. The van der Waals surface area contributed by atoms with E-state index in [1.165, 1.54) is 0 Å². The van der Waals surface area contributed by atoms with Crippen LogP contribution in [0.5, 0.6) is 0 Å². The van der Waals surface area contributed by atoms with Crippen molar-refractivity contribution in [3.63, 3.8) is 0 Å². The van der Waals surface area contributed by atoms with Crippen LogP contribution in [0.25, 0.3) is 11.0 Å². The van der Waals surface area contributed by atoms with E-state index in [1.54, 1.807) is 12.5 Å². The molecule has 0 bridgehead atoms. The van der Waals surface area contributed by atoms with Crippen LogP contribution in [0, 0.1) is 5.92 Å². The maximum atomic E-state index is 9.36. The van der Waals surface area contributed by atoms with E-state index in [0.29, 0.717) is 5.92 Å². The van der Waals surface area contributed by atoms with Crippen molar-refractivity contribution in [2.75, 3.05) is 20.7 Å². The third-order valence-electron chi connectivity index (χ3n) is 4.05.